The minimum Gasteiger partial charge on any atom is -0.494 e. The van der Waals surface area contributed by atoms with Gasteiger partial charge in [0.15, 0.2) is 0 Å². The zero-order valence-corrected chi connectivity index (χ0v) is 10.9. The van der Waals surface area contributed by atoms with Crippen molar-refractivity contribution in [3.63, 3.8) is 0 Å². The second-order valence-electron chi connectivity index (χ2n) is 4.69. The summed E-state index contributed by atoms with van der Waals surface area (Å²) in [6, 6.07) is 8.30. The highest BCUT2D eigenvalue weighted by molar-refractivity contribution is 7.99. The molecule has 1 aromatic rings. The Morgan fingerprint density at radius 2 is 2.19 bits per heavy atom. The Hall–Kier alpha value is -0.670. The predicted molar refractivity (Wildman–Crippen MR) is 70.0 cm³/mol. The van der Waals surface area contributed by atoms with E-state index in [0.717, 1.165) is 18.1 Å². The lowest BCUT2D eigenvalue weighted by Gasteiger charge is -2.20. The van der Waals surface area contributed by atoms with Gasteiger partial charge in [0.25, 0.3) is 0 Å². The topological polar surface area (TPSA) is 21.3 Å². The van der Waals surface area contributed by atoms with E-state index >= 15 is 0 Å². The number of hydrogen-bond acceptors (Lipinski definition) is 3. The average molecular weight is 237 g/mol. The van der Waals surface area contributed by atoms with Crippen LogP contribution in [0.1, 0.15) is 31.7 Å². The van der Waals surface area contributed by atoms with Crippen LogP contribution in [0.15, 0.2) is 24.3 Å². The molecule has 0 amide bonds. The first-order chi connectivity index (χ1) is 7.62. The molecule has 0 radical (unpaired) electrons. The summed E-state index contributed by atoms with van der Waals surface area (Å²) in [5, 5.41) is 3.99. The number of hydrogen-bond donors (Lipinski definition) is 1. The molecule has 1 fully saturated rings. The first-order valence-electron chi connectivity index (χ1n) is 5.73. The molecule has 1 aliphatic rings. The summed E-state index contributed by atoms with van der Waals surface area (Å²) >= 11 is 1.95. The molecule has 0 spiro atoms. The first kappa shape index (κ1) is 11.8. The number of rotatable bonds is 3. The molecule has 0 aromatic heterocycles. The van der Waals surface area contributed by atoms with Crippen molar-refractivity contribution in [2.45, 2.75) is 31.7 Å². The average Bonchev–Trinajstić information content (AvgIpc) is 2.60. The molecule has 1 saturated heterocycles. The van der Waals surface area contributed by atoms with Crippen LogP contribution >= 0.6 is 11.8 Å². The van der Waals surface area contributed by atoms with E-state index in [1.807, 2.05) is 30.8 Å². The van der Waals surface area contributed by atoms with E-state index in [2.05, 4.69) is 31.3 Å². The molecule has 2 nitrogen and oxygen atoms in total. The molecule has 0 aliphatic carbocycles. The van der Waals surface area contributed by atoms with Gasteiger partial charge in [0.2, 0.25) is 0 Å². The Labute approximate surface area is 102 Å². The monoisotopic (exact) mass is 237 g/mol. The Balaban J connectivity index is 2.20. The maximum absolute atomic E-state index is 5.66. The molecular formula is C13H19NOS. The fourth-order valence-electron chi connectivity index (χ4n) is 1.88. The van der Waals surface area contributed by atoms with Crippen molar-refractivity contribution in [3.8, 4) is 5.75 Å². The highest BCUT2D eigenvalue weighted by Gasteiger charge is 2.32. The molecule has 1 atom stereocenters. The smallest absolute Gasteiger partial charge is 0.124 e. The van der Waals surface area contributed by atoms with Crippen LogP contribution in [0.25, 0.3) is 0 Å². The third kappa shape index (κ3) is 2.53. The summed E-state index contributed by atoms with van der Waals surface area (Å²) in [4.78, 5) is 0. The third-order valence-corrected chi connectivity index (χ3v) is 4.23. The first-order valence-corrected chi connectivity index (χ1v) is 6.78. The number of thioether (sulfide) groups is 1. The summed E-state index contributed by atoms with van der Waals surface area (Å²) in [7, 11) is 0. The lowest BCUT2D eigenvalue weighted by molar-refractivity contribution is 0.333. The van der Waals surface area contributed by atoms with Gasteiger partial charge in [-0.3, -0.25) is 5.32 Å². The van der Waals surface area contributed by atoms with Crippen molar-refractivity contribution in [1.29, 1.82) is 0 Å². The summed E-state index contributed by atoms with van der Waals surface area (Å²) in [6.45, 7) is 7.22. The van der Waals surface area contributed by atoms with E-state index in [9.17, 15) is 0 Å². The zero-order chi connectivity index (χ0) is 11.6. The summed E-state index contributed by atoms with van der Waals surface area (Å²) < 4.78 is 5.66. The number of benzene rings is 1. The maximum atomic E-state index is 5.66. The fourth-order valence-corrected chi connectivity index (χ4v) is 3.32. The Morgan fingerprint density at radius 1 is 1.44 bits per heavy atom. The molecule has 1 aromatic carbocycles. The van der Waals surface area contributed by atoms with Gasteiger partial charge in [-0.25, -0.2) is 0 Å². The van der Waals surface area contributed by atoms with Gasteiger partial charge in [0, 0.05) is 16.9 Å². The second-order valence-corrected chi connectivity index (χ2v) is 5.78. The number of ether oxygens (including phenoxy) is 1. The van der Waals surface area contributed by atoms with Crippen LogP contribution in [0.2, 0.25) is 0 Å². The molecule has 1 aliphatic heterocycles. The van der Waals surface area contributed by atoms with Crippen LogP contribution in [0, 0.1) is 0 Å². The van der Waals surface area contributed by atoms with Crippen LogP contribution in [0.3, 0.4) is 0 Å². The Morgan fingerprint density at radius 3 is 2.81 bits per heavy atom. The van der Waals surface area contributed by atoms with E-state index in [-0.39, 0.29) is 5.54 Å². The minimum atomic E-state index is 0.217. The molecule has 1 N–H and O–H groups in total. The standard InChI is InChI=1S/C13H19NOS/c1-4-15-11-8-6-5-7-10(11)12-14-13(2,3)9-16-12/h5-8,12,14H,4,9H2,1-3H3. The molecule has 1 unspecified atom stereocenters. The zero-order valence-electron chi connectivity index (χ0n) is 10.1. The molecule has 16 heavy (non-hydrogen) atoms. The van der Waals surface area contributed by atoms with Crippen molar-refractivity contribution >= 4 is 11.8 Å². The van der Waals surface area contributed by atoms with E-state index in [1.54, 1.807) is 0 Å². The molecule has 1 heterocycles. The summed E-state index contributed by atoms with van der Waals surface area (Å²) in [6.07, 6.45) is 0. The molecule has 0 saturated carbocycles. The predicted octanol–water partition coefficient (Wildman–Crippen LogP) is 3.20. The maximum Gasteiger partial charge on any atom is 0.124 e. The molecule has 88 valence electrons. The fraction of sp³-hybridized carbons (Fsp3) is 0.538. The summed E-state index contributed by atoms with van der Waals surface area (Å²) in [5.74, 6) is 2.14. The Kier molecular flexibility index (Phi) is 3.45. The van der Waals surface area contributed by atoms with Crippen molar-refractivity contribution in [3.05, 3.63) is 29.8 Å². The van der Waals surface area contributed by atoms with Crippen molar-refractivity contribution in [2.24, 2.45) is 0 Å². The van der Waals surface area contributed by atoms with Crippen molar-refractivity contribution in [2.75, 3.05) is 12.4 Å². The molecular weight excluding hydrogens is 218 g/mol. The van der Waals surface area contributed by atoms with Gasteiger partial charge in [0.1, 0.15) is 5.75 Å². The number of para-hydroxylation sites is 1. The number of nitrogens with one attached hydrogen (secondary N) is 1. The van der Waals surface area contributed by atoms with Gasteiger partial charge >= 0.3 is 0 Å². The van der Waals surface area contributed by atoms with Crippen LogP contribution in [-0.2, 0) is 0 Å². The second kappa shape index (κ2) is 4.68. The van der Waals surface area contributed by atoms with E-state index in [0.29, 0.717) is 5.37 Å². The van der Waals surface area contributed by atoms with Crippen LogP contribution in [-0.4, -0.2) is 17.9 Å². The van der Waals surface area contributed by atoms with E-state index in [1.165, 1.54) is 5.56 Å². The lowest BCUT2D eigenvalue weighted by Crippen LogP contribution is -2.35. The molecule has 3 heteroatoms. The Bertz CT molecular complexity index is 365. The highest BCUT2D eigenvalue weighted by atomic mass is 32.2. The van der Waals surface area contributed by atoms with E-state index < -0.39 is 0 Å². The SMILES string of the molecule is CCOc1ccccc1C1NC(C)(C)CS1. The normalized spacial score (nSPS) is 23.3. The summed E-state index contributed by atoms with van der Waals surface area (Å²) in [5.41, 5.74) is 1.48. The third-order valence-electron chi connectivity index (χ3n) is 2.63. The van der Waals surface area contributed by atoms with Gasteiger partial charge < -0.3 is 4.74 Å². The van der Waals surface area contributed by atoms with Gasteiger partial charge in [-0.1, -0.05) is 18.2 Å². The van der Waals surface area contributed by atoms with Crippen LogP contribution in [0.5, 0.6) is 5.75 Å². The quantitative estimate of drug-likeness (QED) is 0.872. The highest BCUT2D eigenvalue weighted by Crippen LogP contribution is 2.40. The van der Waals surface area contributed by atoms with Crippen molar-refractivity contribution in [1.82, 2.24) is 5.32 Å². The molecule has 2 rings (SSSR count). The van der Waals surface area contributed by atoms with E-state index in [4.69, 9.17) is 4.74 Å². The van der Waals surface area contributed by atoms with Gasteiger partial charge in [-0.2, -0.15) is 0 Å². The van der Waals surface area contributed by atoms with Gasteiger partial charge in [-0.05, 0) is 26.8 Å². The molecule has 0 bridgehead atoms. The van der Waals surface area contributed by atoms with Gasteiger partial charge in [0.05, 0.1) is 12.0 Å². The lowest BCUT2D eigenvalue weighted by atomic mass is 10.1. The largest absolute Gasteiger partial charge is 0.494 e. The van der Waals surface area contributed by atoms with Crippen molar-refractivity contribution < 1.29 is 4.74 Å². The van der Waals surface area contributed by atoms with Crippen LogP contribution in [0.4, 0.5) is 0 Å². The van der Waals surface area contributed by atoms with Gasteiger partial charge in [-0.15, -0.1) is 11.8 Å². The van der Waals surface area contributed by atoms with Crippen LogP contribution < -0.4 is 10.1 Å². The minimum absolute atomic E-state index is 0.217.